The summed E-state index contributed by atoms with van der Waals surface area (Å²) in [7, 11) is 0. The number of hydrogen-bond donors (Lipinski definition) is 5. The molecule has 0 bridgehead atoms. The van der Waals surface area contributed by atoms with Gasteiger partial charge in [0.15, 0.2) is 0 Å². The number of nitrogens with zero attached hydrogens (tertiary/aromatic N) is 1. The fourth-order valence-corrected chi connectivity index (χ4v) is 2.22. The molecule has 132 valence electrons. The van der Waals surface area contributed by atoms with Crippen LogP contribution < -0.4 is 5.11 Å². The summed E-state index contributed by atoms with van der Waals surface area (Å²) in [6.45, 7) is -0.464. The van der Waals surface area contributed by atoms with Gasteiger partial charge in [0.05, 0.1) is 24.8 Å². The van der Waals surface area contributed by atoms with Crippen molar-refractivity contribution < 1.29 is 40.2 Å². The molecule has 1 saturated heterocycles. The summed E-state index contributed by atoms with van der Waals surface area (Å²) >= 11 is 0. The number of aliphatic hydroxyl groups is 4. The summed E-state index contributed by atoms with van der Waals surface area (Å²) in [4.78, 5) is 14.9. The number of carbonyl (C=O) groups is 1. The molecule has 1 aliphatic rings. The predicted octanol–water partition coefficient (Wildman–Crippen LogP) is -3.07. The van der Waals surface area contributed by atoms with Crippen LogP contribution in [0.3, 0.4) is 0 Å². The molecular formula is C15H18NO8-. The van der Waals surface area contributed by atoms with Crippen LogP contribution in [-0.4, -0.2) is 74.5 Å². The van der Waals surface area contributed by atoms with Crippen molar-refractivity contribution in [3.63, 3.8) is 0 Å². The number of hydrogen-bond acceptors (Lipinski definition) is 9. The summed E-state index contributed by atoms with van der Waals surface area (Å²) in [5.41, 5.74) is 0.548. The highest BCUT2D eigenvalue weighted by molar-refractivity contribution is 5.77. The third-order valence-electron chi connectivity index (χ3n) is 3.70. The van der Waals surface area contributed by atoms with Crippen molar-refractivity contribution in [2.75, 3.05) is 6.61 Å². The lowest BCUT2D eigenvalue weighted by Gasteiger charge is -2.39. The number of aliphatic hydroxyl groups excluding tert-OH is 3. The van der Waals surface area contributed by atoms with Crippen molar-refractivity contribution in [1.29, 1.82) is 0 Å². The van der Waals surface area contributed by atoms with Crippen LogP contribution in [0.2, 0.25) is 0 Å². The van der Waals surface area contributed by atoms with E-state index in [2.05, 4.69) is 4.99 Å². The van der Waals surface area contributed by atoms with E-state index in [4.69, 9.17) is 4.74 Å². The maximum absolute atomic E-state index is 11.2. The summed E-state index contributed by atoms with van der Waals surface area (Å²) in [6.07, 6.45) is -4.37. The van der Waals surface area contributed by atoms with Crippen LogP contribution in [0.15, 0.2) is 29.3 Å². The van der Waals surface area contributed by atoms with Crippen LogP contribution in [0.25, 0.3) is 0 Å². The number of phenols is 1. The number of aromatic hydroxyl groups is 1. The van der Waals surface area contributed by atoms with Crippen molar-refractivity contribution in [2.24, 2.45) is 4.99 Å². The quantitative estimate of drug-likeness (QED) is 0.352. The lowest BCUT2D eigenvalue weighted by atomic mass is 9.97. The first-order chi connectivity index (χ1) is 11.2. The Morgan fingerprint density at radius 2 is 2.00 bits per heavy atom. The molecule has 1 aromatic rings. The lowest BCUT2D eigenvalue weighted by molar-refractivity contribution is -0.307. The first-order valence-electron chi connectivity index (χ1n) is 7.16. The van der Waals surface area contributed by atoms with E-state index < -0.39 is 42.7 Å². The molecule has 1 heterocycles. The van der Waals surface area contributed by atoms with Crippen molar-refractivity contribution >= 4 is 12.2 Å². The van der Waals surface area contributed by atoms with Gasteiger partial charge >= 0.3 is 0 Å². The standard InChI is InChI=1S/C15H19NO8/c17-9-3-1-8(2-4-9)5-10(14(21)22)16-7-15(23)13(20)12(19)11(18)6-24-15/h1-4,7,10-13,17-20,23H,5-6H2,(H,21,22)/p-1/t10-,11+,12+,13-,15+/m0/s1. The van der Waals surface area contributed by atoms with Gasteiger partial charge in [-0.1, -0.05) is 12.1 Å². The average Bonchev–Trinajstić information content (AvgIpc) is 2.55. The minimum Gasteiger partial charge on any atom is -0.548 e. The number of carboxylic acids is 1. The molecule has 2 rings (SSSR count). The van der Waals surface area contributed by atoms with Crippen LogP contribution in [0.4, 0.5) is 0 Å². The normalized spacial score (nSPS) is 31.9. The Morgan fingerprint density at radius 1 is 1.38 bits per heavy atom. The van der Waals surface area contributed by atoms with E-state index in [0.717, 1.165) is 0 Å². The second-order valence-corrected chi connectivity index (χ2v) is 5.55. The van der Waals surface area contributed by atoms with E-state index in [0.29, 0.717) is 11.8 Å². The highest BCUT2D eigenvalue weighted by Crippen LogP contribution is 2.23. The van der Waals surface area contributed by atoms with E-state index in [1.807, 2.05) is 0 Å². The molecule has 0 amide bonds. The number of aliphatic carboxylic acids is 1. The van der Waals surface area contributed by atoms with Crippen molar-refractivity contribution in [3.8, 4) is 5.75 Å². The van der Waals surface area contributed by atoms with Crippen molar-refractivity contribution in [1.82, 2.24) is 0 Å². The second kappa shape index (κ2) is 7.24. The minimum atomic E-state index is -2.43. The molecule has 5 atom stereocenters. The number of aliphatic imine (C=N–C) groups is 1. The van der Waals surface area contributed by atoms with E-state index in [-0.39, 0.29) is 12.2 Å². The SMILES string of the molecule is O=C([O-])[C@H](Cc1ccc(O)cc1)N=C[C@@]1(O)OC[C@@H](O)[C@@H](O)[C@@H]1O. The molecular weight excluding hydrogens is 322 g/mol. The van der Waals surface area contributed by atoms with Crippen LogP contribution in [0.5, 0.6) is 5.75 Å². The highest BCUT2D eigenvalue weighted by atomic mass is 16.6. The smallest absolute Gasteiger partial charge is 0.232 e. The first-order valence-corrected chi connectivity index (χ1v) is 7.16. The van der Waals surface area contributed by atoms with Gasteiger partial charge in [0.25, 0.3) is 0 Å². The Hall–Kier alpha value is -2.04. The van der Waals surface area contributed by atoms with Gasteiger partial charge in [-0.05, 0) is 17.7 Å². The zero-order valence-electron chi connectivity index (χ0n) is 12.5. The summed E-state index contributed by atoms with van der Waals surface area (Å²) in [5.74, 6) is -3.93. The van der Waals surface area contributed by atoms with Gasteiger partial charge in [-0.25, -0.2) is 0 Å². The van der Waals surface area contributed by atoms with E-state index in [1.54, 1.807) is 0 Å². The summed E-state index contributed by atoms with van der Waals surface area (Å²) in [5, 5.41) is 59.2. The number of carboxylic acid groups (broad SMARTS) is 1. The third kappa shape index (κ3) is 4.08. The molecule has 0 radical (unpaired) electrons. The molecule has 1 aliphatic heterocycles. The topological polar surface area (TPSA) is 163 Å². The Bertz CT molecular complexity index is 604. The Balaban J connectivity index is 2.13. The number of benzene rings is 1. The highest BCUT2D eigenvalue weighted by Gasteiger charge is 2.47. The Morgan fingerprint density at radius 3 is 2.58 bits per heavy atom. The van der Waals surface area contributed by atoms with Crippen LogP contribution in [-0.2, 0) is 16.0 Å². The molecule has 0 aliphatic carbocycles. The van der Waals surface area contributed by atoms with Gasteiger partial charge in [0, 0.05) is 6.42 Å². The van der Waals surface area contributed by atoms with Crippen LogP contribution in [0, 0.1) is 0 Å². The number of phenolic OH excluding ortho intramolecular Hbond substituents is 1. The molecule has 0 unspecified atom stereocenters. The molecule has 1 aromatic carbocycles. The maximum atomic E-state index is 11.2. The van der Waals surface area contributed by atoms with Gasteiger partial charge in [0.1, 0.15) is 24.1 Å². The predicted molar refractivity (Wildman–Crippen MR) is 78.0 cm³/mol. The molecule has 1 fully saturated rings. The molecule has 0 spiro atoms. The lowest BCUT2D eigenvalue weighted by Crippen LogP contribution is -2.61. The molecule has 5 N–H and O–H groups in total. The fraction of sp³-hybridized carbons (Fsp3) is 0.467. The van der Waals surface area contributed by atoms with E-state index in [9.17, 15) is 35.4 Å². The molecule has 0 aromatic heterocycles. The Labute approximate surface area is 137 Å². The number of ether oxygens (including phenoxy) is 1. The summed E-state index contributed by atoms with van der Waals surface area (Å²) < 4.78 is 4.86. The van der Waals surface area contributed by atoms with Gasteiger partial charge < -0.3 is 40.2 Å². The molecule has 0 saturated carbocycles. The molecule has 9 heteroatoms. The third-order valence-corrected chi connectivity index (χ3v) is 3.70. The van der Waals surface area contributed by atoms with Crippen molar-refractivity contribution in [2.45, 2.75) is 36.6 Å². The number of carbonyl (C=O) groups excluding carboxylic acids is 1. The number of rotatable bonds is 5. The fourth-order valence-electron chi connectivity index (χ4n) is 2.22. The Kier molecular flexibility index (Phi) is 5.52. The molecule has 24 heavy (non-hydrogen) atoms. The monoisotopic (exact) mass is 340 g/mol. The van der Waals surface area contributed by atoms with Gasteiger partial charge in [-0.15, -0.1) is 0 Å². The zero-order valence-corrected chi connectivity index (χ0v) is 12.5. The maximum Gasteiger partial charge on any atom is 0.232 e. The van der Waals surface area contributed by atoms with Gasteiger partial charge in [0.2, 0.25) is 5.79 Å². The van der Waals surface area contributed by atoms with Crippen molar-refractivity contribution in [3.05, 3.63) is 29.8 Å². The van der Waals surface area contributed by atoms with Gasteiger partial charge in [-0.2, -0.15) is 0 Å². The largest absolute Gasteiger partial charge is 0.548 e. The van der Waals surface area contributed by atoms with Crippen LogP contribution in [0.1, 0.15) is 5.56 Å². The zero-order chi connectivity index (χ0) is 17.9. The molecule has 9 nitrogen and oxygen atoms in total. The second-order valence-electron chi connectivity index (χ2n) is 5.55. The minimum absolute atomic E-state index is 0.0211. The van der Waals surface area contributed by atoms with Crippen LogP contribution >= 0.6 is 0 Å². The van der Waals surface area contributed by atoms with E-state index in [1.165, 1.54) is 24.3 Å². The first kappa shape index (κ1) is 18.3. The van der Waals surface area contributed by atoms with Gasteiger partial charge in [-0.3, -0.25) is 4.99 Å². The summed E-state index contributed by atoms with van der Waals surface area (Å²) in [6, 6.07) is 4.37. The van der Waals surface area contributed by atoms with E-state index >= 15 is 0 Å². The average molecular weight is 340 g/mol.